The molecule has 2 aromatic rings. The van der Waals surface area contributed by atoms with Gasteiger partial charge >= 0.3 is 0 Å². The van der Waals surface area contributed by atoms with Crippen LogP contribution < -0.4 is 5.73 Å². The quantitative estimate of drug-likeness (QED) is 0.890. The van der Waals surface area contributed by atoms with E-state index in [1.807, 2.05) is 30.5 Å². The second kappa shape index (κ2) is 7.06. The van der Waals surface area contributed by atoms with Crippen molar-refractivity contribution in [2.45, 2.75) is 19.0 Å². The zero-order chi connectivity index (χ0) is 14.5. The third-order valence-corrected chi connectivity index (χ3v) is 4.70. The minimum atomic E-state index is -0.415. The Bertz CT molecular complexity index is 552. The van der Waals surface area contributed by atoms with Crippen LogP contribution in [0.15, 0.2) is 24.3 Å². The summed E-state index contributed by atoms with van der Waals surface area (Å²) in [5.41, 5.74) is 6.90. The highest BCUT2D eigenvalue weighted by atomic mass is 32.2. The van der Waals surface area contributed by atoms with Gasteiger partial charge in [0.15, 0.2) is 0 Å². The lowest BCUT2D eigenvalue weighted by Gasteiger charge is -2.20. The first kappa shape index (κ1) is 15.3. The van der Waals surface area contributed by atoms with Gasteiger partial charge in [-0.2, -0.15) is 11.8 Å². The highest BCUT2D eigenvalue weighted by Crippen LogP contribution is 2.22. The van der Waals surface area contributed by atoms with Crippen LogP contribution in [0.2, 0.25) is 0 Å². The molecule has 1 atom stereocenters. The van der Waals surface area contributed by atoms with E-state index in [0.29, 0.717) is 13.0 Å². The lowest BCUT2D eigenvalue weighted by Crippen LogP contribution is -2.41. The zero-order valence-corrected chi connectivity index (χ0v) is 13.3. The lowest BCUT2D eigenvalue weighted by molar-refractivity contribution is -0.131. The molecule has 0 aliphatic carbocycles. The van der Waals surface area contributed by atoms with E-state index in [1.54, 1.807) is 35.0 Å². The van der Waals surface area contributed by atoms with Crippen molar-refractivity contribution in [1.29, 1.82) is 0 Å². The fraction of sp³-hybridized carbons (Fsp3) is 0.429. The molecular weight excluding hydrogens is 290 g/mol. The van der Waals surface area contributed by atoms with Crippen LogP contribution in [-0.4, -0.2) is 40.9 Å². The van der Waals surface area contributed by atoms with Gasteiger partial charge in [0.1, 0.15) is 5.01 Å². The fourth-order valence-corrected chi connectivity index (χ4v) is 3.43. The average Bonchev–Trinajstić information content (AvgIpc) is 2.85. The second-order valence-electron chi connectivity index (χ2n) is 4.66. The van der Waals surface area contributed by atoms with E-state index in [9.17, 15) is 4.79 Å². The molecule has 2 N–H and O–H groups in total. The van der Waals surface area contributed by atoms with E-state index in [-0.39, 0.29) is 5.91 Å². The summed E-state index contributed by atoms with van der Waals surface area (Å²) in [5, 5.41) is 0.944. The summed E-state index contributed by atoms with van der Waals surface area (Å²) in [4.78, 5) is 18.3. The molecule has 1 aromatic carbocycles. The number of thioether (sulfide) groups is 1. The molecule has 1 aromatic heterocycles. The van der Waals surface area contributed by atoms with Gasteiger partial charge < -0.3 is 10.6 Å². The number of carbonyl (C=O) groups excluding carboxylic acids is 1. The molecule has 0 radical (unpaired) electrons. The summed E-state index contributed by atoms with van der Waals surface area (Å²) < 4.78 is 1.15. The maximum Gasteiger partial charge on any atom is 0.239 e. The number of thiazole rings is 1. The van der Waals surface area contributed by atoms with Crippen molar-refractivity contribution >= 4 is 39.2 Å². The number of nitrogens with zero attached hydrogens (tertiary/aromatic N) is 2. The highest BCUT2D eigenvalue weighted by molar-refractivity contribution is 7.98. The topological polar surface area (TPSA) is 59.2 Å². The van der Waals surface area contributed by atoms with Crippen molar-refractivity contribution in [3.05, 3.63) is 29.3 Å². The SMILES string of the molecule is CSCC[C@@H](N)C(=O)N(C)Cc1nc2ccccc2s1. The van der Waals surface area contributed by atoms with Crippen molar-refractivity contribution < 1.29 is 4.79 Å². The summed E-state index contributed by atoms with van der Waals surface area (Å²) in [5.74, 6) is 0.889. The van der Waals surface area contributed by atoms with Gasteiger partial charge in [0.25, 0.3) is 0 Å². The molecule has 0 spiro atoms. The summed E-state index contributed by atoms with van der Waals surface area (Å²) in [6.07, 6.45) is 2.73. The van der Waals surface area contributed by atoms with Crippen molar-refractivity contribution in [3.63, 3.8) is 0 Å². The Hall–Kier alpha value is -1.11. The van der Waals surface area contributed by atoms with Crippen LogP contribution in [0.4, 0.5) is 0 Å². The van der Waals surface area contributed by atoms with Gasteiger partial charge in [0.2, 0.25) is 5.91 Å². The number of hydrogen-bond acceptors (Lipinski definition) is 5. The molecule has 0 unspecified atom stereocenters. The molecule has 20 heavy (non-hydrogen) atoms. The molecular formula is C14H19N3OS2. The zero-order valence-electron chi connectivity index (χ0n) is 11.7. The Balaban J connectivity index is 1.99. The van der Waals surface area contributed by atoms with Gasteiger partial charge in [-0.3, -0.25) is 4.79 Å². The number of nitrogens with two attached hydrogens (primary N) is 1. The van der Waals surface area contributed by atoms with Crippen LogP contribution in [0, 0.1) is 0 Å². The Kier molecular flexibility index (Phi) is 5.39. The third-order valence-electron chi connectivity index (χ3n) is 3.04. The van der Waals surface area contributed by atoms with Gasteiger partial charge in [0.05, 0.1) is 22.8 Å². The van der Waals surface area contributed by atoms with Gasteiger partial charge in [-0.15, -0.1) is 11.3 Å². The molecule has 4 nitrogen and oxygen atoms in total. The number of benzene rings is 1. The molecule has 2 rings (SSSR count). The van der Waals surface area contributed by atoms with Crippen molar-refractivity contribution in [2.75, 3.05) is 19.1 Å². The average molecular weight is 309 g/mol. The standard InChI is InChI=1S/C14H19N3OS2/c1-17(14(18)10(15)7-8-19-2)9-13-16-11-5-3-4-6-12(11)20-13/h3-6,10H,7-9,15H2,1-2H3/t10-/m1/s1. The van der Waals surface area contributed by atoms with Crippen LogP contribution in [0.3, 0.4) is 0 Å². The van der Waals surface area contributed by atoms with Gasteiger partial charge in [-0.05, 0) is 30.6 Å². The number of fused-ring (bicyclic) bond motifs is 1. The maximum atomic E-state index is 12.1. The van der Waals surface area contributed by atoms with Crippen LogP contribution in [-0.2, 0) is 11.3 Å². The maximum absolute atomic E-state index is 12.1. The molecule has 0 bridgehead atoms. The van der Waals surface area contributed by atoms with E-state index in [0.717, 1.165) is 21.0 Å². The molecule has 0 saturated heterocycles. The Morgan fingerprint density at radius 3 is 2.95 bits per heavy atom. The number of aromatic nitrogens is 1. The van der Waals surface area contributed by atoms with Crippen molar-refractivity contribution in [3.8, 4) is 0 Å². The molecule has 108 valence electrons. The first-order chi connectivity index (χ1) is 9.61. The largest absolute Gasteiger partial charge is 0.338 e. The first-order valence-corrected chi connectivity index (χ1v) is 8.67. The number of hydrogen-bond donors (Lipinski definition) is 1. The second-order valence-corrected chi connectivity index (χ2v) is 6.76. The number of amides is 1. The molecule has 1 heterocycles. The minimum absolute atomic E-state index is 0.0155. The smallest absolute Gasteiger partial charge is 0.239 e. The van der Waals surface area contributed by atoms with Gasteiger partial charge in [-0.25, -0.2) is 4.98 Å². The molecule has 0 aliphatic heterocycles. The number of carbonyl (C=O) groups is 1. The predicted molar refractivity (Wildman–Crippen MR) is 87.1 cm³/mol. The summed E-state index contributed by atoms with van der Waals surface area (Å²) >= 11 is 3.33. The van der Waals surface area contributed by atoms with Crippen LogP contribution in [0.1, 0.15) is 11.4 Å². The number of para-hydroxylation sites is 1. The summed E-state index contributed by atoms with van der Waals surface area (Å²) in [6, 6.07) is 7.59. The fourth-order valence-electron chi connectivity index (χ4n) is 1.92. The van der Waals surface area contributed by atoms with E-state index in [4.69, 9.17) is 5.73 Å². The molecule has 6 heteroatoms. The lowest BCUT2D eigenvalue weighted by atomic mass is 10.2. The molecule has 1 amide bonds. The minimum Gasteiger partial charge on any atom is -0.338 e. The van der Waals surface area contributed by atoms with Gasteiger partial charge in [0, 0.05) is 7.05 Å². The van der Waals surface area contributed by atoms with E-state index < -0.39 is 6.04 Å². The highest BCUT2D eigenvalue weighted by Gasteiger charge is 2.18. The number of rotatable bonds is 6. The number of likely N-dealkylation sites (N-methyl/N-ethyl adjacent to an activating group) is 1. The monoisotopic (exact) mass is 309 g/mol. The Morgan fingerprint density at radius 1 is 1.50 bits per heavy atom. The normalized spacial score (nSPS) is 12.6. The Labute approximate surface area is 127 Å². The van der Waals surface area contributed by atoms with E-state index in [2.05, 4.69) is 4.98 Å². The summed E-state index contributed by atoms with van der Waals surface area (Å²) in [7, 11) is 1.79. The van der Waals surface area contributed by atoms with Crippen LogP contribution in [0.25, 0.3) is 10.2 Å². The van der Waals surface area contributed by atoms with Crippen molar-refractivity contribution in [1.82, 2.24) is 9.88 Å². The van der Waals surface area contributed by atoms with E-state index >= 15 is 0 Å². The van der Waals surface area contributed by atoms with Gasteiger partial charge in [-0.1, -0.05) is 12.1 Å². The van der Waals surface area contributed by atoms with E-state index in [1.165, 1.54) is 0 Å². The van der Waals surface area contributed by atoms with Crippen molar-refractivity contribution in [2.24, 2.45) is 5.73 Å². The Morgan fingerprint density at radius 2 is 2.25 bits per heavy atom. The van der Waals surface area contributed by atoms with Crippen LogP contribution in [0.5, 0.6) is 0 Å². The summed E-state index contributed by atoms with van der Waals surface area (Å²) in [6.45, 7) is 0.519. The molecule has 0 aliphatic rings. The third kappa shape index (κ3) is 3.71. The van der Waals surface area contributed by atoms with Crippen LogP contribution >= 0.6 is 23.1 Å². The predicted octanol–water partition coefficient (Wildman–Crippen LogP) is 2.34. The first-order valence-electron chi connectivity index (χ1n) is 6.45. The molecule has 0 saturated carbocycles. The molecule has 0 fully saturated rings.